The van der Waals surface area contributed by atoms with Crippen LogP contribution < -0.4 is 9.46 Å². The number of sulfonamides is 1. The summed E-state index contributed by atoms with van der Waals surface area (Å²) in [6.07, 6.45) is -0.685. The molecule has 0 aliphatic carbocycles. The lowest BCUT2D eigenvalue weighted by Crippen LogP contribution is -2.26. The Hall–Kier alpha value is -1.96. The molecular formula is C17H20FNO4S. The van der Waals surface area contributed by atoms with Crippen LogP contribution in [0.25, 0.3) is 0 Å². The Balaban J connectivity index is 1.91. The van der Waals surface area contributed by atoms with E-state index < -0.39 is 16.1 Å². The van der Waals surface area contributed by atoms with Crippen molar-refractivity contribution in [1.82, 2.24) is 4.72 Å². The van der Waals surface area contributed by atoms with E-state index in [1.165, 1.54) is 36.4 Å². The molecule has 0 radical (unpaired) electrons. The molecule has 7 heteroatoms. The van der Waals surface area contributed by atoms with Crippen LogP contribution in [-0.4, -0.2) is 26.7 Å². The molecule has 0 saturated carbocycles. The van der Waals surface area contributed by atoms with Crippen molar-refractivity contribution in [2.24, 2.45) is 0 Å². The summed E-state index contributed by atoms with van der Waals surface area (Å²) in [5, 5.41) is 10.0. The molecule has 5 nitrogen and oxygen atoms in total. The number of halogens is 1. The molecule has 0 heterocycles. The number of hydrogen-bond acceptors (Lipinski definition) is 4. The van der Waals surface area contributed by atoms with Gasteiger partial charge in [0.25, 0.3) is 0 Å². The van der Waals surface area contributed by atoms with Crippen LogP contribution in [-0.2, 0) is 10.0 Å². The molecule has 2 aromatic rings. The van der Waals surface area contributed by atoms with Crippen LogP contribution in [0.4, 0.5) is 4.39 Å². The molecule has 1 atom stereocenters. The van der Waals surface area contributed by atoms with Crippen LogP contribution in [0.1, 0.15) is 25.0 Å². The van der Waals surface area contributed by atoms with Crippen LogP contribution in [0, 0.1) is 5.82 Å². The SMILES string of the molecule is CCOc1ccc(S(=O)(=O)NCCC(O)c2ccc(F)cc2)cc1. The second kappa shape index (κ2) is 8.23. The summed E-state index contributed by atoms with van der Waals surface area (Å²) in [5.74, 6) is 0.213. The highest BCUT2D eigenvalue weighted by atomic mass is 32.2. The van der Waals surface area contributed by atoms with Crippen LogP contribution in [0.15, 0.2) is 53.4 Å². The first kappa shape index (κ1) is 18.4. The van der Waals surface area contributed by atoms with Crippen molar-refractivity contribution >= 4 is 10.0 Å². The number of nitrogens with one attached hydrogen (secondary N) is 1. The fourth-order valence-corrected chi connectivity index (χ4v) is 3.19. The van der Waals surface area contributed by atoms with E-state index in [-0.39, 0.29) is 23.7 Å². The normalized spacial score (nSPS) is 12.8. The minimum Gasteiger partial charge on any atom is -0.494 e. The Kier molecular flexibility index (Phi) is 6.30. The lowest BCUT2D eigenvalue weighted by molar-refractivity contribution is 0.169. The van der Waals surface area contributed by atoms with E-state index in [1.807, 2.05) is 6.92 Å². The number of rotatable bonds is 8. The summed E-state index contributed by atoms with van der Waals surface area (Å²) >= 11 is 0. The molecule has 0 saturated heterocycles. The Bertz CT molecular complexity index is 745. The van der Waals surface area contributed by atoms with Crippen molar-refractivity contribution in [3.05, 3.63) is 59.9 Å². The molecule has 0 bridgehead atoms. The molecule has 0 amide bonds. The molecule has 0 aliphatic rings. The fourth-order valence-electron chi connectivity index (χ4n) is 2.15. The molecule has 0 fully saturated rings. The number of ether oxygens (including phenoxy) is 1. The lowest BCUT2D eigenvalue weighted by atomic mass is 10.1. The Morgan fingerprint density at radius 3 is 2.33 bits per heavy atom. The van der Waals surface area contributed by atoms with Crippen molar-refractivity contribution < 1.29 is 22.7 Å². The predicted molar refractivity (Wildman–Crippen MR) is 88.8 cm³/mol. The van der Waals surface area contributed by atoms with Gasteiger partial charge in [0.15, 0.2) is 0 Å². The Labute approximate surface area is 141 Å². The van der Waals surface area contributed by atoms with Crippen LogP contribution in [0.2, 0.25) is 0 Å². The molecule has 0 aromatic heterocycles. The summed E-state index contributed by atoms with van der Waals surface area (Å²) in [7, 11) is -3.65. The largest absolute Gasteiger partial charge is 0.494 e. The van der Waals surface area contributed by atoms with E-state index in [1.54, 1.807) is 12.1 Å². The van der Waals surface area contributed by atoms with E-state index in [0.29, 0.717) is 17.9 Å². The van der Waals surface area contributed by atoms with Crippen molar-refractivity contribution in [2.75, 3.05) is 13.2 Å². The zero-order chi connectivity index (χ0) is 17.6. The summed E-state index contributed by atoms with van der Waals surface area (Å²) < 4.78 is 44.9. The zero-order valence-electron chi connectivity index (χ0n) is 13.3. The maximum Gasteiger partial charge on any atom is 0.240 e. The monoisotopic (exact) mass is 353 g/mol. The van der Waals surface area contributed by atoms with E-state index in [0.717, 1.165) is 0 Å². The second-order valence-corrected chi connectivity index (χ2v) is 6.93. The average molecular weight is 353 g/mol. The van der Waals surface area contributed by atoms with Gasteiger partial charge in [-0.1, -0.05) is 12.1 Å². The first-order chi connectivity index (χ1) is 11.4. The van der Waals surface area contributed by atoms with Gasteiger partial charge in [0.1, 0.15) is 11.6 Å². The highest BCUT2D eigenvalue weighted by Gasteiger charge is 2.15. The molecule has 2 N–H and O–H groups in total. The lowest BCUT2D eigenvalue weighted by Gasteiger charge is -2.12. The smallest absolute Gasteiger partial charge is 0.240 e. The van der Waals surface area contributed by atoms with Crippen molar-refractivity contribution in [3.63, 3.8) is 0 Å². The Morgan fingerprint density at radius 2 is 1.75 bits per heavy atom. The first-order valence-electron chi connectivity index (χ1n) is 7.58. The highest BCUT2D eigenvalue weighted by Crippen LogP contribution is 2.18. The average Bonchev–Trinajstić information content (AvgIpc) is 2.56. The highest BCUT2D eigenvalue weighted by molar-refractivity contribution is 7.89. The number of benzene rings is 2. The van der Waals surface area contributed by atoms with Crippen molar-refractivity contribution in [1.29, 1.82) is 0 Å². The van der Waals surface area contributed by atoms with Crippen LogP contribution in [0.3, 0.4) is 0 Å². The quantitative estimate of drug-likeness (QED) is 0.765. The fraction of sp³-hybridized carbons (Fsp3) is 0.294. The van der Waals surface area contributed by atoms with Gasteiger partial charge in [-0.3, -0.25) is 0 Å². The minimum absolute atomic E-state index is 0.0636. The molecule has 130 valence electrons. The molecule has 2 rings (SSSR count). The van der Waals surface area contributed by atoms with Gasteiger partial charge >= 0.3 is 0 Å². The van der Waals surface area contributed by atoms with E-state index in [4.69, 9.17) is 4.74 Å². The van der Waals surface area contributed by atoms with Crippen LogP contribution in [0.5, 0.6) is 5.75 Å². The van der Waals surface area contributed by atoms with Gasteiger partial charge in [-0.05, 0) is 55.3 Å². The topological polar surface area (TPSA) is 75.6 Å². The van der Waals surface area contributed by atoms with Gasteiger partial charge in [-0.2, -0.15) is 0 Å². The zero-order valence-corrected chi connectivity index (χ0v) is 14.1. The van der Waals surface area contributed by atoms with E-state index >= 15 is 0 Å². The molecular weight excluding hydrogens is 333 g/mol. The van der Waals surface area contributed by atoms with Gasteiger partial charge in [0, 0.05) is 6.54 Å². The van der Waals surface area contributed by atoms with E-state index in [9.17, 15) is 17.9 Å². The van der Waals surface area contributed by atoms with Gasteiger partial charge in [-0.25, -0.2) is 17.5 Å². The summed E-state index contributed by atoms with van der Waals surface area (Å²) in [6, 6.07) is 11.6. The summed E-state index contributed by atoms with van der Waals surface area (Å²) in [6.45, 7) is 2.42. The first-order valence-corrected chi connectivity index (χ1v) is 9.07. The predicted octanol–water partition coefficient (Wildman–Crippen LogP) is 2.63. The van der Waals surface area contributed by atoms with Crippen LogP contribution >= 0.6 is 0 Å². The van der Waals surface area contributed by atoms with E-state index in [2.05, 4.69) is 4.72 Å². The Morgan fingerprint density at radius 1 is 1.12 bits per heavy atom. The standard InChI is InChI=1S/C17H20FNO4S/c1-2-23-15-7-9-16(10-8-15)24(21,22)19-12-11-17(20)13-3-5-14(18)6-4-13/h3-10,17,19-20H,2,11-12H2,1H3. The number of hydrogen-bond donors (Lipinski definition) is 2. The van der Waals surface area contributed by atoms with Crippen molar-refractivity contribution in [3.8, 4) is 5.75 Å². The summed E-state index contributed by atoms with van der Waals surface area (Å²) in [4.78, 5) is 0.127. The van der Waals surface area contributed by atoms with Gasteiger partial charge < -0.3 is 9.84 Å². The van der Waals surface area contributed by atoms with Gasteiger partial charge in [-0.15, -0.1) is 0 Å². The molecule has 0 spiro atoms. The van der Waals surface area contributed by atoms with Gasteiger partial charge in [0.2, 0.25) is 10.0 Å². The summed E-state index contributed by atoms with van der Waals surface area (Å²) in [5.41, 5.74) is 0.539. The third-order valence-corrected chi connectivity index (χ3v) is 4.89. The molecule has 1 unspecified atom stereocenters. The number of aliphatic hydroxyl groups excluding tert-OH is 1. The maximum atomic E-state index is 12.8. The second-order valence-electron chi connectivity index (χ2n) is 5.16. The van der Waals surface area contributed by atoms with Crippen molar-refractivity contribution in [2.45, 2.75) is 24.3 Å². The molecule has 24 heavy (non-hydrogen) atoms. The third-order valence-electron chi connectivity index (χ3n) is 3.41. The minimum atomic E-state index is -3.65. The number of aliphatic hydroxyl groups is 1. The van der Waals surface area contributed by atoms with Gasteiger partial charge in [0.05, 0.1) is 17.6 Å². The molecule has 2 aromatic carbocycles. The third kappa shape index (κ3) is 5.02. The molecule has 0 aliphatic heterocycles. The maximum absolute atomic E-state index is 12.8.